The Bertz CT molecular complexity index is 1180. The van der Waals surface area contributed by atoms with Gasteiger partial charge in [0, 0.05) is 5.02 Å². The van der Waals surface area contributed by atoms with Crippen LogP contribution in [0.1, 0.15) is 6.92 Å². The molecule has 0 aliphatic heterocycles. The molecule has 0 saturated carbocycles. The number of anilines is 2. The second kappa shape index (κ2) is 10.4. The number of sulfonamides is 1. The zero-order valence-electron chi connectivity index (χ0n) is 16.9. The molecule has 0 saturated heterocycles. The predicted octanol–water partition coefficient (Wildman–Crippen LogP) is 5.88. The number of amides is 1. The number of carbonyl (C=O) groups is 1. The molecule has 0 aliphatic rings. The summed E-state index contributed by atoms with van der Waals surface area (Å²) >= 11 is 18.1. The van der Waals surface area contributed by atoms with Gasteiger partial charge in [0.2, 0.25) is 5.91 Å². The van der Waals surface area contributed by atoms with E-state index in [1.54, 1.807) is 42.5 Å². The Morgan fingerprint density at radius 2 is 1.53 bits per heavy atom. The number of nitrogens with one attached hydrogen (secondary N) is 1. The van der Waals surface area contributed by atoms with Gasteiger partial charge >= 0.3 is 0 Å². The van der Waals surface area contributed by atoms with Crippen molar-refractivity contribution in [3.8, 4) is 5.75 Å². The molecule has 0 spiro atoms. The fourth-order valence-corrected chi connectivity index (χ4v) is 4.89. The fraction of sp³-hybridized carbons (Fsp3) is 0.136. The topological polar surface area (TPSA) is 75.7 Å². The molecule has 0 fully saturated rings. The van der Waals surface area contributed by atoms with Crippen LogP contribution in [0.25, 0.3) is 0 Å². The number of hydrogen-bond donors (Lipinski definition) is 1. The lowest BCUT2D eigenvalue weighted by Crippen LogP contribution is -2.38. The summed E-state index contributed by atoms with van der Waals surface area (Å²) in [5, 5.41) is 3.45. The molecule has 0 atom stereocenters. The lowest BCUT2D eigenvalue weighted by molar-refractivity contribution is -0.114. The van der Waals surface area contributed by atoms with E-state index in [0.717, 1.165) is 4.31 Å². The molecule has 0 heterocycles. The fourth-order valence-electron chi connectivity index (χ4n) is 2.85. The number of carbonyl (C=O) groups excluding carboxylic acids is 1. The highest BCUT2D eigenvalue weighted by molar-refractivity contribution is 7.92. The van der Waals surface area contributed by atoms with Crippen molar-refractivity contribution in [3.05, 3.63) is 81.8 Å². The Labute approximate surface area is 201 Å². The van der Waals surface area contributed by atoms with Gasteiger partial charge in [0.25, 0.3) is 10.0 Å². The number of rotatable bonds is 8. The Hall–Kier alpha value is -2.45. The number of ether oxygens (including phenoxy) is 1. The predicted molar refractivity (Wildman–Crippen MR) is 129 cm³/mol. The molecular weight excluding hydrogens is 495 g/mol. The molecule has 168 valence electrons. The summed E-state index contributed by atoms with van der Waals surface area (Å²) in [5.41, 5.74) is 0.486. The highest BCUT2D eigenvalue weighted by atomic mass is 35.5. The van der Waals surface area contributed by atoms with E-state index in [0.29, 0.717) is 17.4 Å². The molecule has 32 heavy (non-hydrogen) atoms. The number of halogens is 3. The average molecular weight is 514 g/mol. The van der Waals surface area contributed by atoms with E-state index >= 15 is 0 Å². The van der Waals surface area contributed by atoms with Gasteiger partial charge < -0.3 is 10.1 Å². The Morgan fingerprint density at radius 3 is 2.09 bits per heavy atom. The van der Waals surface area contributed by atoms with Gasteiger partial charge in [-0.3, -0.25) is 9.10 Å². The van der Waals surface area contributed by atoms with Crippen LogP contribution in [0.3, 0.4) is 0 Å². The van der Waals surface area contributed by atoms with Crippen molar-refractivity contribution < 1.29 is 17.9 Å². The average Bonchev–Trinajstić information content (AvgIpc) is 2.76. The number of nitrogens with zero attached hydrogens (tertiary/aromatic N) is 1. The first-order valence-corrected chi connectivity index (χ1v) is 12.0. The van der Waals surface area contributed by atoms with Gasteiger partial charge in [-0.2, -0.15) is 0 Å². The third kappa shape index (κ3) is 5.66. The minimum atomic E-state index is -4.10. The molecule has 0 unspecified atom stereocenters. The van der Waals surface area contributed by atoms with Crippen molar-refractivity contribution in [1.29, 1.82) is 0 Å². The van der Waals surface area contributed by atoms with Crippen LogP contribution in [0.5, 0.6) is 5.75 Å². The smallest absolute Gasteiger partial charge is 0.264 e. The van der Waals surface area contributed by atoms with Crippen LogP contribution in [-0.4, -0.2) is 27.5 Å². The second-order valence-corrected chi connectivity index (χ2v) is 9.65. The van der Waals surface area contributed by atoms with Crippen molar-refractivity contribution in [2.45, 2.75) is 11.8 Å². The third-order valence-electron chi connectivity index (χ3n) is 4.35. The maximum Gasteiger partial charge on any atom is 0.264 e. The molecule has 0 bridgehead atoms. The van der Waals surface area contributed by atoms with Gasteiger partial charge in [0.15, 0.2) is 0 Å². The van der Waals surface area contributed by atoms with Crippen molar-refractivity contribution in [3.63, 3.8) is 0 Å². The Balaban J connectivity index is 1.96. The summed E-state index contributed by atoms with van der Waals surface area (Å²) in [6.07, 6.45) is 0. The molecule has 1 amide bonds. The van der Waals surface area contributed by atoms with Crippen LogP contribution >= 0.6 is 34.8 Å². The zero-order valence-corrected chi connectivity index (χ0v) is 20.0. The number of benzene rings is 3. The summed E-state index contributed by atoms with van der Waals surface area (Å²) in [6, 6.07) is 16.8. The Morgan fingerprint density at radius 1 is 0.938 bits per heavy atom. The minimum Gasteiger partial charge on any atom is -0.494 e. The van der Waals surface area contributed by atoms with Gasteiger partial charge in [0.1, 0.15) is 12.3 Å². The first-order valence-electron chi connectivity index (χ1n) is 9.47. The van der Waals surface area contributed by atoms with E-state index < -0.39 is 22.5 Å². The molecular formula is C22H19Cl3N2O4S. The number of para-hydroxylation sites is 1. The van der Waals surface area contributed by atoms with Gasteiger partial charge in [-0.05, 0) is 67.6 Å². The quantitative estimate of drug-likeness (QED) is 0.408. The van der Waals surface area contributed by atoms with Crippen molar-refractivity contribution in [2.75, 3.05) is 22.8 Å². The highest BCUT2D eigenvalue weighted by Gasteiger charge is 2.27. The molecule has 6 nitrogen and oxygen atoms in total. The SMILES string of the molecule is CCOc1ccc(N(CC(=O)Nc2c(Cl)cccc2Cl)S(=O)(=O)c2ccc(Cl)cc2)cc1. The van der Waals surface area contributed by atoms with E-state index in [-0.39, 0.29) is 26.3 Å². The zero-order chi connectivity index (χ0) is 23.3. The highest BCUT2D eigenvalue weighted by Crippen LogP contribution is 2.31. The maximum atomic E-state index is 13.4. The van der Waals surface area contributed by atoms with Gasteiger partial charge in [0.05, 0.1) is 32.9 Å². The molecule has 1 N–H and O–H groups in total. The van der Waals surface area contributed by atoms with E-state index in [9.17, 15) is 13.2 Å². The lowest BCUT2D eigenvalue weighted by atomic mass is 10.3. The molecule has 3 rings (SSSR count). The summed E-state index contributed by atoms with van der Waals surface area (Å²) in [6.45, 7) is 1.79. The van der Waals surface area contributed by atoms with Gasteiger partial charge in [-0.25, -0.2) is 8.42 Å². The van der Waals surface area contributed by atoms with Crippen LogP contribution in [0.4, 0.5) is 11.4 Å². The number of hydrogen-bond acceptors (Lipinski definition) is 4. The van der Waals surface area contributed by atoms with Crippen LogP contribution in [-0.2, 0) is 14.8 Å². The normalized spacial score (nSPS) is 11.1. The summed E-state index contributed by atoms with van der Waals surface area (Å²) < 4.78 is 33.2. The minimum absolute atomic E-state index is 0.0145. The van der Waals surface area contributed by atoms with E-state index in [1.165, 1.54) is 24.3 Å². The first kappa shape index (κ1) is 24.2. The standard InChI is InChI=1S/C22H19Cl3N2O4S/c1-2-31-17-10-8-16(9-11-17)27(32(29,30)18-12-6-15(23)7-13-18)14-21(28)26-22-19(24)4-3-5-20(22)25/h3-13H,2,14H2,1H3,(H,26,28). The summed E-state index contributed by atoms with van der Waals surface area (Å²) in [5.74, 6) is -0.0428. The van der Waals surface area contributed by atoms with E-state index in [2.05, 4.69) is 5.32 Å². The van der Waals surface area contributed by atoms with Crippen LogP contribution in [0.2, 0.25) is 15.1 Å². The molecule has 0 aromatic heterocycles. The van der Waals surface area contributed by atoms with Crippen LogP contribution in [0, 0.1) is 0 Å². The molecule has 3 aromatic rings. The molecule has 0 aliphatic carbocycles. The van der Waals surface area contributed by atoms with Crippen molar-refractivity contribution in [2.24, 2.45) is 0 Å². The summed E-state index contributed by atoms with van der Waals surface area (Å²) in [7, 11) is -4.10. The third-order valence-corrected chi connectivity index (χ3v) is 7.02. The second-order valence-electron chi connectivity index (χ2n) is 6.54. The van der Waals surface area contributed by atoms with Crippen LogP contribution < -0.4 is 14.4 Å². The first-order chi connectivity index (χ1) is 15.2. The molecule has 10 heteroatoms. The monoisotopic (exact) mass is 512 g/mol. The van der Waals surface area contributed by atoms with Crippen molar-refractivity contribution in [1.82, 2.24) is 0 Å². The molecule has 0 radical (unpaired) electrons. The van der Waals surface area contributed by atoms with E-state index in [1.807, 2.05) is 6.92 Å². The summed E-state index contributed by atoms with van der Waals surface area (Å²) in [4.78, 5) is 12.8. The molecule has 3 aromatic carbocycles. The van der Waals surface area contributed by atoms with Crippen LogP contribution in [0.15, 0.2) is 71.6 Å². The van der Waals surface area contributed by atoms with Gasteiger partial charge in [-0.1, -0.05) is 40.9 Å². The lowest BCUT2D eigenvalue weighted by Gasteiger charge is -2.24. The Kier molecular flexibility index (Phi) is 7.90. The van der Waals surface area contributed by atoms with E-state index in [4.69, 9.17) is 39.5 Å². The van der Waals surface area contributed by atoms with Crippen molar-refractivity contribution >= 4 is 62.1 Å². The largest absolute Gasteiger partial charge is 0.494 e. The maximum absolute atomic E-state index is 13.4. The van der Waals surface area contributed by atoms with Gasteiger partial charge in [-0.15, -0.1) is 0 Å².